The highest BCUT2D eigenvalue weighted by Crippen LogP contribution is 2.40. The van der Waals surface area contributed by atoms with Gasteiger partial charge in [-0.2, -0.15) is 0 Å². The molecule has 0 aliphatic rings. The van der Waals surface area contributed by atoms with Crippen LogP contribution in [0.5, 0.6) is 11.5 Å². The van der Waals surface area contributed by atoms with Crippen LogP contribution in [0.15, 0.2) is 12.1 Å². The van der Waals surface area contributed by atoms with Crippen LogP contribution >= 0.6 is 0 Å². The Morgan fingerprint density at radius 2 is 1.14 bits per heavy atom. The normalized spacial score (nSPS) is 12.4. The maximum atomic E-state index is 10.5. The quantitative estimate of drug-likeness (QED) is 0.364. The van der Waals surface area contributed by atoms with Crippen LogP contribution in [0.25, 0.3) is 0 Å². The van der Waals surface area contributed by atoms with Crippen molar-refractivity contribution in [2.24, 2.45) is 0 Å². The van der Waals surface area contributed by atoms with Crippen molar-refractivity contribution in [2.75, 3.05) is 6.61 Å². The van der Waals surface area contributed by atoms with E-state index in [4.69, 9.17) is 4.74 Å². The van der Waals surface area contributed by atoms with E-state index in [0.29, 0.717) is 5.75 Å². The zero-order valence-electron chi connectivity index (χ0n) is 19.8. The summed E-state index contributed by atoms with van der Waals surface area (Å²) >= 11 is 0. The van der Waals surface area contributed by atoms with Crippen LogP contribution in [0.3, 0.4) is 0 Å². The van der Waals surface area contributed by atoms with Crippen molar-refractivity contribution in [3.8, 4) is 11.5 Å². The van der Waals surface area contributed by atoms with Crippen molar-refractivity contribution >= 4 is 0 Å². The molecule has 0 spiro atoms. The second-order valence-corrected chi connectivity index (χ2v) is 10.4. The van der Waals surface area contributed by atoms with Crippen molar-refractivity contribution in [1.29, 1.82) is 0 Å². The fourth-order valence-electron chi connectivity index (χ4n) is 3.65. The Morgan fingerprint density at radius 3 is 1.61 bits per heavy atom. The van der Waals surface area contributed by atoms with Gasteiger partial charge in [-0.3, -0.25) is 0 Å². The average Bonchev–Trinajstić information content (AvgIpc) is 2.58. The summed E-state index contributed by atoms with van der Waals surface area (Å²) in [7, 11) is 0. The summed E-state index contributed by atoms with van der Waals surface area (Å²) < 4.78 is 6.22. The molecule has 2 heteroatoms. The van der Waals surface area contributed by atoms with E-state index in [0.717, 1.165) is 29.9 Å². The number of hydrogen-bond acceptors (Lipinski definition) is 2. The first kappa shape index (κ1) is 24.9. The monoisotopic (exact) mass is 390 g/mol. The molecule has 2 nitrogen and oxygen atoms in total. The van der Waals surface area contributed by atoms with E-state index in [1.807, 2.05) is 6.07 Å². The van der Waals surface area contributed by atoms with Gasteiger partial charge in [-0.05, 0) is 29.4 Å². The van der Waals surface area contributed by atoms with Crippen LogP contribution in [0.4, 0.5) is 0 Å². The van der Waals surface area contributed by atoms with Gasteiger partial charge in [0, 0.05) is 11.1 Å². The Hall–Kier alpha value is -1.18. The van der Waals surface area contributed by atoms with E-state index in [9.17, 15) is 5.11 Å². The van der Waals surface area contributed by atoms with Gasteiger partial charge >= 0.3 is 0 Å². The Kier molecular flexibility index (Phi) is 10.4. The van der Waals surface area contributed by atoms with Gasteiger partial charge in [-0.1, -0.05) is 106 Å². The molecule has 0 atom stereocenters. The van der Waals surface area contributed by atoms with Gasteiger partial charge in [0.15, 0.2) is 0 Å². The molecule has 162 valence electrons. The molecule has 1 rings (SSSR count). The number of phenolic OH excluding ortho intramolecular Hbond substituents is 1. The predicted octanol–water partition coefficient (Wildman–Crippen LogP) is 8.29. The minimum absolute atomic E-state index is 0.0546. The maximum Gasteiger partial charge on any atom is 0.123 e. The molecule has 0 saturated carbocycles. The Bertz CT molecular complexity index is 561. The van der Waals surface area contributed by atoms with E-state index in [-0.39, 0.29) is 10.8 Å². The van der Waals surface area contributed by atoms with Gasteiger partial charge < -0.3 is 9.84 Å². The molecule has 0 unspecified atom stereocenters. The first-order valence-electron chi connectivity index (χ1n) is 11.6. The molecule has 0 aromatic heterocycles. The topological polar surface area (TPSA) is 29.5 Å². The lowest BCUT2D eigenvalue weighted by Crippen LogP contribution is -2.17. The predicted molar refractivity (Wildman–Crippen MR) is 123 cm³/mol. The summed E-state index contributed by atoms with van der Waals surface area (Å²) in [6.45, 7) is 15.9. The minimum Gasteiger partial charge on any atom is -0.508 e. The first-order valence-corrected chi connectivity index (χ1v) is 11.6. The number of unbranched alkanes of at least 4 members (excludes halogenated alkanes) is 9. The van der Waals surface area contributed by atoms with Gasteiger partial charge in [0.1, 0.15) is 11.5 Å². The van der Waals surface area contributed by atoms with Gasteiger partial charge in [-0.25, -0.2) is 0 Å². The molecule has 0 radical (unpaired) electrons. The first-order chi connectivity index (χ1) is 13.1. The highest BCUT2D eigenvalue weighted by molar-refractivity contribution is 5.51. The van der Waals surface area contributed by atoms with Crippen molar-refractivity contribution in [2.45, 2.75) is 124 Å². The van der Waals surface area contributed by atoms with Crippen LogP contribution in [0.2, 0.25) is 0 Å². The summed E-state index contributed by atoms with van der Waals surface area (Å²) in [5.41, 5.74) is 1.89. The molecule has 1 N–H and O–H groups in total. The largest absolute Gasteiger partial charge is 0.508 e. The molecule has 28 heavy (non-hydrogen) atoms. The summed E-state index contributed by atoms with van der Waals surface area (Å²) in [6.07, 6.45) is 13.3. The van der Waals surface area contributed by atoms with Crippen LogP contribution < -0.4 is 4.74 Å². The smallest absolute Gasteiger partial charge is 0.123 e. The van der Waals surface area contributed by atoms with Gasteiger partial charge in [0.25, 0.3) is 0 Å². The molecule has 0 heterocycles. The molecular formula is C26H46O2. The molecular weight excluding hydrogens is 344 g/mol. The van der Waals surface area contributed by atoms with E-state index in [2.05, 4.69) is 54.5 Å². The maximum absolute atomic E-state index is 10.5. The number of benzene rings is 1. The number of phenols is 1. The zero-order chi connectivity index (χ0) is 21.2. The summed E-state index contributed by atoms with van der Waals surface area (Å²) in [5, 5.41) is 10.5. The number of ether oxygens (including phenoxy) is 1. The second kappa shape index (κ2) is 11.7. The third-order valence-corrected chi connectivity index (χ3v) is 5.47. The molecule has 1 aromatic rings. The van der Waals surface area contributed by atoms with E-state index in [1.54, 1.807) is 0 Å². The molecule has 0 bridgehead atoms. The number of aromatic hydroxyl groups is 1. The molecule has 0 amide bonds. The highest BCUT2D eigenvalue weighted by Gasteiger charge is 2.25. The lowest BCUT2D eigenvalue weighted by Gasteiger charge is -2.27. The van der Waals surface area contributed by atoms with Crippen molar-refractivity contribution in [3.05, 3.63) is 23.3 Å². The summed E-state index contributed by atoms with van der Waals surface area (Å²) in [6, 6.07) is 3.97. The summed E-state index contributed by atoms with van der Waals surface area (Å²) in [4.78, 5) is 0. The Morgan fingerprint density at radius 1 is 0.679 bits per heavy atom. The van der Waals surface area contributed by atoms with Gasteiger partial charge in [0.05, 0.1) is 6.61 Å². The number of hydrogen-bond donors (Lipinski definition) is 1. The fourth-order valence-corrected chi connectivity index (χ4v) is 3.65. The lowest BCUT2D eigenvalue weighted by atomic mass is 9.81. The fraction of sp³-hybridized carbons (Fsp3) is 0.769. The SMILES string of the molecule is CCCCCCCCCCCCOc1cc(C(C)(C)C)c(O)cc1C(C)(C)C. The highest BCUT2D eigenvalue weighted by atomic mass is 16.5. The van der Waals surface area contributed by atoms with Crippen molar-refractivity contribution in [1.82, 2.24) is 0 Å². The molecule has 0 fully saturated rings. The molecule has 0 aliphatic heterocycles. The van der Waals surface area contributed by atoms with E-state index >= 15 is 0 Å². The standard InChI is InChI=1S/C26H46O2/c1-8-9-10-11-12-13-14-15-16-17-18-28-24-20-21(25(2,3)4)23(27)19-22(24)26(5,6)7/h19-20,27H,8-18H2,1-7H3. The Labute approximate surface area is 175 Å². The van der Waals surface area contributed by atoms with Gasteiger partial charge in [0.2, 0.25) is 0 Å². The van der Waals surface area contributed by atoms with Crippen LogP contribution in [-0.2, 0) is 10.8 Å². The minimum atomic E-state index is -0.101. The zero-order valence-corrected chi connectivity index (χ0v) is 19.8. The van der Waals surface area contributed by atoms with Crippen LogP contribution in [0, 0.1) is 0 Å². The van der Waals surface area contributed by atoms with Crippen LogP contribution in [0.1, 0.15) is 124 Å². The van der Waals surface area contributed by atoms with E-state index < -0.39 is 0 Å². The third kappa shape index (κ3) is 8.88. The van der Waals surface area contributed by atoms with Gasteiger partial charge in [-0.15, -0.1) is 0 Å². The van der Waals surface area contributed by atoms with Crippen molar-refractivity contribution in [3.63, 3.8) is 0 Å². The summed E-state index contributed by atoms with van der Waals surface area (Å²) in [5.74, 6) is 1.31. The van der Waals surface area contributed by atoms with Crippen LogP contribution in [-0.4, -0.2) is 11.7 Å². The average molecular weight is 391 g/mol. The third-order valence-electron chi connectivity index (χ3n) is 5.47. The molecule has 0 aliphatic carbocycles. The Balaban J connectivity index is 2.48. The lowest BCUT2D eigenvalue weighted by molar-refractivity contribution is 0.294. The molecule has 0 saturated heterocycles. The second-order valence-electron chi connectivity index (χ2n) is 10.4. The number of rotatable bonds is 12. The van der Waals surface area contributed by atoms with E-state index in [1.165, 1.54) is 57.8 Å². The van der Waals surface area contributed by atoms with Crippen molar-refractivity contribution < 1.29 is 9.84 Å². The molecule has 1 aromatic carbocycles.